The van der Waals surface area contributed by atoms with E-state index in [0.29, 0.717) is 17.1 Å². The minimum atomic E-state index is -0.0905. The first-order chi connectivity index (χ1) is 9.62. The highest BCUT2D eigenvalue weighted by Gasteiger charge is 2.10. The second kappa shape index (κ2) is 6.01. The van der Waals surface area contributed by atoms with E-state index in [1.165, 1.54) is 0 Å². The van der Waals surface area contributed by atoms with E-state index in [9.17, 15) is 4.79 Å². The number of alkyl halides is 1. The van der Waals surface area contributed by atoms with Crippen molar-refractivity contribution in [2.45, 2.75) is 5.88 Å². The van der Waals surface area contributed by atoms with Gasteiger partial charge in [-0.15, -0.1) is 11.6 Å². The first-order valence-corrected chi connectivity index (χ1v) is 6.63. The maximum Gasteiger partial charge on any atom is 0.255 e. The van der Waals surface area contributed by atoms with Crippen LogP contribution in [0, 0.1) is 0 Å². The van der Waals surface area contributed by atoms with E-state index in [0.717, 1.165) is 11.3 Å². The van der Waals surface area contributed by atoms with Crippen molar-refractivity contribution in [3.63, 3.8) is 0 Å². The number of rotatable bonds is 4. The molecule has 0 amide bonds. The van der Waals surface area contributed by atoms with Gasteiger partial charge in [0.15, 0.2) is 11.5 Å². The molecule has 0 aliphatic carbocycles. The highest BCUT2D eigenvalue weighted by Crippen LogP contribution is 2.31. The van der Waals surface area contributed by atoms with E-state index >= 15 is 0 Å². The Kier molecular flexibility index (Phi) is 4.35. The third-order valence-corrected chi connectivity index (χ3v) is 3.49. The zero-order valence-corrected chi connectivity index (χ0v) is 12.4. The van der Waals surface area contributed by atoms with Crippen molar-refractivity contribution in [3.05, 3.63) is 46.2 Å². The summed E-state index contributed by atoms with van der Waals surface area (Å²) >= 11 is 5.74. The number of hydrogen-bond donors (Lipinski definition) is 0. The number of halogens is 1. The van der Waals surface area contributed by atoms with Crippen molar-refractivity contribution >= 4 is 11.6 Å². The molecule has 106 valence electrons. The van der Waals surface area contributed by atoms with Gasteiger partial charge in [-0.2, -0.15) is 0 Å². The molecule has 0 N–H and O–H groups in total. The molecule has 4 nitrogen and oxygen atoms in total. The lowest BCUT2D eigenvalue weighted by Gasteiger charge is -2.13. The molecule has 0 unspecified atom stereocenters. The first kappa shape index (κ1) is 14.5. The Morgan fingerprint density at radius 1 is 1.10 bits per heavy atom. The molecule has 1 aromatic carbocycles. The molecule has 5 heteroatoms. The minimum Gasteiger partial charge on any atom is -0.493 e. The van der Waals surface area contributed by atoms with Crippen LogP contribution in [0.3, 0.4) is 0 Å². The van der Waals surface area contributed by atoms with Crippen molar-refractivity contribution < 1.29 is 9.47 Å². The summed E-state index contributed by atoms with van der Waals surface area (Å²) in [6.07, 6.45) is 0. The van der Waals surface area contributed by atoms with Gasteiger partial charge in [0, 0.05) is 18.2 Å². The Bertz CT molecular complexity index is 679. The van der Waals surface area contributed by atoms with E-state index in [-0.39, 0.29) is 11.4 Å². The van der Waals surface area contributed by atoms with Crippen LogP contribution in [0.2, 0.25) is 0 Å². The Morgan fingerprint density at radius 3 is 2.40 bits per heavy atom. The van der Waals surface area contributed by atoms with Gasteiger partial charge in [-0.1, -0.05) is 6.07 Å². The van der Waals surface area contributed by atoms with Crippen molar-refractivity contribution in [2.24, 2.45) is 7.05 Å². The van der Waals surface area contributed by atoms with Crippen LogP contribution in [-0.4, -0.2) is 18.8 Å². The van der Waals surface area contributed by atoms with E-state index < -0.39 is 0 Å². The molecule has 0 radical (unpaired) electrons. The van der Waals surface area contributed by atoms with Crippen LogP contribution < -0.4 is 15.0 Å². The number of benzene rings is 1. The van der Waals surface area contributed by atoms with Crippen LogP contribution in [-0.2, 0) is 12.9 Å². The predicted molar refractivity (Wildman–Crippen MR) is 79.8 cm³/mol. The molecule has 0 aliphatic rings. The maximum absolute atomic E-state index is 12.1. The standard InChI is InChI=1S/C15H16ClNO3/c1-17-12(6-4-11(9-16)15(17)18)10-5-7-13(19-2)14(8-10)20-3/h4-8H,9H2,1-3H3. The van der Waals surface area contributed by atoms with E-state index in [1.807, 2.05) is 24.3 Å². The molecule has 0 bridgehead atoms. The van der Waals surface area contributed by atoms with Crippen molar-refractivity contribution in [1.29, 1.82) is 0 Å². The molecule has 0 fully saturated rings. The molecule has 20 heavy (non-hydrogen) atoms. The third-order valence-electron chi connectivity index (χ3n) is 3.21. The molecular weight excluding hydrogens is 278 g/mol. The molecule has 0 saturated heterocycles. The third kappa shape index (κ3) is 2.51. The van der Waals surface area contributed by atoms with Gasteiger partial charge in [0.1, 0.15) is 0 Å². The number of aromatic nitrogens is 1. The summed E-state index contributed by atoms with van der Waals surface area (Å²) in [6.45, 7) is 0. The number of nitrogens with zero attached hydrogens (tertiary/aromatic N) is 1. The van der Waals surface area contributed by atoms with Gasteiger partial charge in [-0.05, 0) is 24.3 Å². The fourth-order valence-corrected chi connectivity index (χ4v) is 2.28. The van der Waals surface area contributed by atoms with Gasteiger partial charge in [-0.25, -0.2) is 0 Å². The summed E-state index contributed by atoms with van der Waals surface area (Å²) in [5.41, 5.74) is 2.17. The lowest BCUT2D eigenvalue weighted by Crippen LogP contribution is -2.21. The van der Waals surface area contributed by atoms with E-state index in [2.05, 4.69) is 0 Å². The molecule has 2 rings (SSSR count). The average molecular weight is 294 g/mol. The second-order valence-corrected chi connectivity index (χ2v) is 4.58. The summed E-state index contributed by atoms with van der Waals surface area (Å²) < 4.78 is 12.1. The molecule has 0 saturated carbocycles. The van der Waals surface area contributed by atoms with Gasteiger partial charge < -0.3 is 14.0 Å². The van der Waals surface area contributed by atoms with Crippen LogP contribution in [0.15, 0.2) is 35.1 Å². The molecule has 0 spiro atoms. The van der Waals surface area contributed by atoms with Crippen molar-refractivity contribution in [3.8, 4) is 22.8 Å². The van der Waals surface area contributed by atoms with E-state index in [1.54, 1.807) is 31.9 Å². The van der Waals surface area contributed by atoms with Gasteiger partial charge in [0.25, 0.3) is 5.56 Å². The highest BCUT2D eigenvalue weighted by molar-refractivity contribution is 6.17. The highest BCUT2D eigenvalue weighted by atomic mass is 35.5. The van der Waals surface area contributed by atoms with Gasteiger partial charge in [0.05, 0.1) is 25.8 Å². The molecule has 2 aromatic rings. The monoisotopic (exact) mass is 293 g/mol. The topological polar surface area (TPSA) is 40.5 Å². The average Bonchev–Trinajstić information content (AvgIpc) is 2.49. The van der Waals surface area contributed by atoms with Gasteiger partial charge in [0.2, 0.25) is 0 Å². The van der Waals surface area contributed by atoms with Crippen LogP contribution in [0.1, 0.15) is 5.56 Å². The molecule has 0 aliphatic heterocycles. The first-order valence-electron chi connectivity index (χ1n) is 6.09. The summed E-state index contributed by atoms with van der Waals surface area (Å²) in [4.78, 5) is 12.1. The summed E-state index contributed by atoms with van der Waals surface area (Å²) in [7, 11) is 4.89. The lowest BCUT2D eigenvalue weighted by atomic mass is 10.1. The number of hydrogen-bond acceptors (Lipinski definition) is 3. The predicted octanol–water partition coefficient (Wildman–Crippen LogP) is 2.81. The Morgan fingerprint density at radius 2 is 1.80 bits per heavy atom. The largest absolute Gasteiger partial charge is 0.493 e. The van der Waals surface area contributed by atoms with E-state index in [4.69, 9.17) is 21.1 Å². The molecule has 1 heterocycles. The number of pyridine rings is 1. The summed E-state index contributed by atoms with van der Waals surface area (Å²) in [6, 6.07) is 9.17. The maximum atomic E-state index is 12.1. The van der Waals surface area contributed by atoms with Crippen LogP contribution in [0.25, 0.3) is 11.3 Å². The van der Waals surface area contributed by atoms with Crippen LogP contribution in [0.5, 0.6) is 11.5 Å². The van der Waals surface area contributed by atoms with Crippen LogP contribution >= 0.6 is 11.6 Å². The zero-order chi connectivity index (χ0) is 14.7. The Balaban J connectivity index is 2.57. The summed E-state index contributed by atoms with van der Waals surface area (Å²) in [5, 5.41) is 0. The Hall–Kier alpha value is -1.94. The Labute approximate surface area is 122 Å². The fraction of sp³-hybridized carbons (Fsp3) is 0.267. The van der Waals surface area contributed by atoms with Crippen molar-refractivity contribution in [2.75, 3.05) is 14.2 Å². The van der Waals surface area contributed by atoms with Gasteiger partial charge in [-0.3, -0.25) is 4.79 Å². The van der Waals surface area contributed by atoms with Crippen LogP contribution in [0.4, 0.5) is 0 Å². The summed E-state index contributed by atoms with van der Waals surface area (Å²) in [5.74, 6) is 1.48. The quantitative estimate of drug-likeness (QED) is 0.814. The molecule has 1 aromatic heterocycles. The lowest BCUT2D eigenvalue weighted by molar-refractivity contribution is 0.355. The molecular formula is C15H16ClNO3. The molecule has 0 atom stereocenters. The normalized spacial score (nSPS) is 10.4. The SMILES string of the molecule is COc1ccc(-c2ccc(CCl)c(=O)n2C)cc1OC. The second-order valence-electron chi connectivity index (χ2n) is 4.31. The fourth-order valence-electron chi connectivity index (χ4n) is 2.07. The number of ether oxygens (including phenoxy) is 2. The van der Waals surface area contributed by atoms with Gasteiger partial charge >= 0.3 is 0 Å². The van der Waals surface area contributed by atoms with Crippen molar-refractivity contribution in [1.82, 2.24) is 4.57 Å². The minimum absolute atomic E-state index is 0.0905. The zero-order valence-electron chi connectivity index (χ0n) is 11.6. The number of methoxy groups -OCH3 is 2. The smallest absolute Gasteiger partial charge is 0.255 e.